The molecule has 0 aromatic heterocycles. The van der Waals surface area contributed by atoms with Crippen molar-refractivity contribution in [3.8, 4) is 0 Å². The first-order valence-electron chi connectivity index (χ1n) is 27.7. The third-order valence-corrected chi connectivity index (χ3v) is 12.3. The lowest BCUT2D eigenvalue weighted by Gasteiger charge is -2.24. The fourth-order valence-electron chi connectivity index (χ4n) is 8.10. The molecule has 0 fully saturated rings. The third-order valence-electron chi connectivity index (χ3n) is 12.3. The average Bonchev–Trinajstić information content (AvgIpc) is 3.30. The number of hydrogen-bond acceptors (Lipinski definition) is 5. The van der Waals surface area contributed by atoms with Crippen molar-refractivity contribution in [1.82, 2.24) is 5.32 Å². The van der Waals surface area contributed by atoms with E-state index in [1.54, 1.807) is 0 Å². The summed E-state index contributed by atoms with van der Waals surface area (Å²) in [6.07, 6.45) is 66.7. The highest BCUT2D eigenvalue weighted by molar-refractivity contribution is 5.77. The highest BCUT2D eigenvalue weighted by atomic mass is 16.5. The minimum absolute atomic E-state index is 0.0565. The number of nitrogens with one attached hydrogen (secondary N) is 1. The molecule has 0 aliphatic carbocycles. The molecule has 3 unspecified atom stereocenters. The van der Waals surface area contributed by atoms with Crippen molar-refractivity contribution < 1.29 is 24.5 Å². The minimum Gasteiger partial charge on any atom is -0.462 e. The zero-order chi connectivity index (χ0) is 47.4. The van der Waals surface area contributed by atoms with Crippen LogP contribution in [-0.4, -0.2) is 46.9 Å². The van der Waals surface area contributed by atoms with Gasteiger partial charge in [-0.15, -0.1) is 0 Å². The Bertz CT molecular complexity index is 1200. The second kappa shape index (κ2) is 52.3. The van der Waals surface area contributed by atoms with E-state index < -0.39 is 18.2 Å². The molecule has 0 saturated carbocycles. The van der Waals surface area contributed by atoms with E-state index in [0.29, 0.717) is 19.3 Å². The van der Waals surface area contributed by atoms with Gasteiger partial charge >= 0.3 is 5.97 Å². The monoisotopic (exact) mass is 908 g/mol. The summed E-state index contributed by atoms with van der Waals surface area (Å²) in [6, 6.07) is -0.714. The zero-order valence-electron chi connectivity index (χ0n) is 42.9. The van der Waals surface area contributed by atoms with Gasteiger partial charge in [0.05, 0.1) is 25.2 Å². The first kappa shape index (κ1) is 62.3. The molecule has 6 nitrogen and oxygen atoms in total. The molecule has 0 rings (SSSR count). The van der Waals surface area contributed by atoms with E-state index in [9.17, 15) is 19.8 Å². The molecule has 0 heterocycles. The Kier molecular flexibility index (Phi) is 50.1. The Morgan fingerprint density at radius 3 is 1.29 bits per heavy atom. The number of hydrogen-bond donors (Lipinski definition) is 3. The topological polar surface area (TPSA) is 95.9 Å². The second-order valence-electron chi connectivity index (χ2n) is 18.6. The summed E-state index contributed by atoms with van der Waals surface area (Å²) in [4.78, 5) is 26.2. The second-order valence-corrected chi connectivity index (χ2v) is 18.6. The number of carbonyl (C=O) groups is 2. The van der Waals surface area contributed by atoms with Gasteiger partial charge < -0.3 is 20.3 Å². The number of aliphatic hydroxyl groups is 2. The van der Waals surface area contributed by atoms with Crippen LogP contribution in [-0.2, 0) is 14.3 Å². The molecule has 0 aromatic rings. The summed E-state index contributed by atoms with van der Waals surface area (Å²) in [5, 5.41) is 23.8. The van der Waals surface area contributed by atoms with Crippen molar-refractivity contribution in [1.29, 1.82) is 0 Å². The van der Waals surface area contributed by atoms with Gasteiger partial charge in [0.2, 0.25) is 5.91 Å². The minimum atomic E-state index is -0.798. The molecule has 376 valence electrons. The molecule has 0 spiro atoms. The van der Waals surface area contributed by atoms with Crippen molar-refractivity contribution in [2.24, 2.45) is 0 Å². The summed E-state index contributed by atoms with van der Waals surface area (Å²) in [6.45, 7) is 6.36. The van der Waals surface area contributed by atoms with Crippen LogP contribution in [0.15, 0.2) is 72.9 Å². The van der Waals surface area contributed by atoms with Gasteiger partial charge in [0.25, 0.3) is 0 Å². The fraction of sp³-hybridized carbons (Fsp3) is 0.763. The number of aliphatic hydroxyl groups excluding tert-OH is 2. The van der Waals surface area contributed by atoms with Crippen LogP contribution >= 0.6 is 0 Å². The molecule has 0 saturated heterocycles. The fourth-order valence-corrected chi connectivity index (χ4v) is 8.10. The Morgan fingerprint density at radius 2 is 0.831 bits per heavy atom. The van der Waals surface area contributed by atoms with Gasteiger partial charge in [-0.2, -0.15) is 0 Å². The first-order chi connectivity index (χ1) is 32.0. The smallest absolute Gasteiger partial charge is 0.306 e. The number of allylic oxidation sites excluding steroid dienone is 12. The number of unbranched alkanes of at least 4 members (excludes halogenated alkanes) is 25. The molecule has 1 amide bonds. The number of amides is 1. The highest BCUT2D eigenvalue weighted by Gasteiger charge is 2.24. The molecule has 0 aliphatic rings. The lowest BCUT2D eigenvalue weighted by molar-refractivity contribution is -0.151. The normalized spacial score (nSPS) is 13.7. The predicted octanol–water partition coefficient (Wildman–Crippen LogP) is 17.0. The largest absolute Gasteiger partial charge is 0.462 e. The number of rotatable bonds is 49. The molecular formula is C59H105NO5. The Balaban J connectivity index is 4.61. The van der Waals surface area contributed by atoms with Crippen LogP contribution in [0.5, 0.6) is 0 Å². The zero-order valence-corrected chi connectivity index (χ0v) is 42.9. The molecule has 3 atom stereocenters. The molecule has 65 heavy (non-hydrogen) atoms. The maximum absolute atomic E-state index is 13.2. The van der Waals surface area contributed by atoms with Crippen molar-refractivity contribution in [3.05, 3.63) is 72.9 Å². The molecule has 3 N–H and O–H groups in total. The number of esters is 1. The maximum atomic E-state index is 13.2. The van der Waals surface area contributed by atoms with Crippen LogP contribution < -0.4 is 5.32 Å². The molecule has 0 aliphatic heterocycles. The van der Waals surface area contributed by atoms with E-state index in [2.05, 4.69) is 99.0 Å². The molecular weight excluding hydrogens is 803 g/mol. The van der Waals surface area contributed by atoms with Crippen molar-refractivity contribution in [2.45, 2.75) is 283 Å². The average molecular weight is 908 g/mol. The van der Waals surface area contributed by atoms with Gasteiger partial charge in [0.1, 0.15) is 6.10 Å². The van der Waals surface area contributed by atoms with E-state index in [4.69, 9.17) is 4.74 Å². The Labute approximate surface area is 402 Å². The van der Waals surface area contributed by atoms with Crippen LogP contribution in [0.1, 0.15) is 265 Å². The Hall–Kier alpha value is -2.70. The van der Waals surface area contributed by atoms with Gasteiger partial charge in [-0.3, -0.25) is 9.59 Å². The van der Waals surface area contributed by atoms with E-state index in [-0.39, 0.29) is 24.9 Å². The summed E-state index contributed by atoms with van der Waals surface area (Å²) in [7, 11) is 0. The van der Waals surface area contributed by atoms with Gasteiger partial charge in [-0.05, 0) is 96.3 Å². The third kappa shape index (κ3) is 47.6. The van der Waals surface area contributed by atoms with Crippen LogP contribution in [0, 0.1) is 0 Å². The maximum Gasteiger partial charge on any atom is 0.306 e. The van der Waals surface area contributed by atoms with E-state index in [0.717, 1.165) is 103 Å². The predicted molar refractivity (Wildman–Crippen MR) is 282 cm³/mol. The van der Waals surface area contributed by atoms with Gasteiger partial charge in [0, 0.05) is 6.42 Å². The van der Waals surface area contributed by atoms with Crippen LogP contribution in [0.4, 0.5) is 0 Å². The van der Waals surface area contributed by atoms with Crippen LogP contribution in [0.2, 0.25) is 0 Å². The number of carbonyl (C=O) groups excluding carboxylic acids is 2. The summed E-state index contributed by atoms with van der Waals surface area (Å²) in [5.41, 5.74) is 0. The van der Waals surface area contributed by atoms with E-state index >= 15 is 0 Å². The van der Waals surface area contributed by atoms with E-state index in [1.807, 2.05) is 0 Å². The van der Waals surface area contributed by atoms with Gasteiger partial charge in [-0.25, -0.2) is 0 Å². The van der Waals surface area contributed by atoms with Crippen LogP contribution in [0.3, 0.4) is 0 Å². The molecule has 0 aromatic carbocycles. The lowest BCUT2D eigenvalue weighted by atomic mass is 10.0. The first-order valence-corrected chi connectivity index (χ1v) is 27.7. The molecule has 0 bridgehead atoms. The quantitative estimate of drug-likeness (QED) is 0.0321. The molecule has 0 radical (unpaired) electrons. The summed E-state index contributed by atoms with van der Waals surface area (Å²) < 4.78 is 5.93. The number of ether oxygens (including phenoxy) is 1. The molecule has 6 heteroatoms. The SMILES string of the molecule is CC/C=C\C/C=C\C/C=C\C/C=C\C/C=C\CCCCCC(=O)OC(CCCCCCC/C=C\CCCCCC)CC(=O)NC(CO)C(O)CCCCCCCCCCCCCCCC. The Morgan fingerprint density at radius 1 is 0.462 bits per heavy atom. The van der Waals surface area contributed by atoms with Gasteiger partial charge in [0.15, 0.2) is 0 Å². The van der Waals surface area contributed by atoms with Crippen LogP contribution in [0.25, 0.3) is 0 Å². The standard InChI is InChI=1S/C59H105NO5/c1-4-7-10-13-16-19-22-25-27-28-29-30-31-34-37-40-43-46-49-52-59(64)65-55(50-47-44-41-38-35-32-24-21-18-15-12-9-6-3)53-58(63)60-56(54-61)57(62)51-48-45-42-39-36-33-26-23-20-17-14-11-8-5-2/h7,10,16,19,21,24-25,27,29-30,34,37,55-57,61-62H,4-6,8-9,11-15,17-18,20,22-23,26,28,31-33,35-36,38-54H2,1-3H3,(H,60,63)/b10-7-,19-16-,24-21-,27-25-,30-29-,37-34-. The highest BCUT2D eigenvalue weighted by Crippen LogP contribution is 2.18. The van der Waals surface area contributed by atoms with Gasteiger partial charge in [-0.1, -0.05) is 229 Å². The van der Waals surface area contributed by atoms with Crippen molar-refractivity contribution in [2.75, 3.05) is 6.61 Å². The summed E-state index contributed by atoms with van der Waals surface area (Å²) in [5.74, 6) is -0.517. The lowest BCUT2D eigenvalue weighted by Crippen LogP contribution is -2.46. The summed E-state index contributed by atoms with van der Waals surface area (Å²) >= 11 is 0. The van der Waals surface area contributed by atoms with Crippen molar-refractivity contribution in [3.63, 3.8) is 0 Å². The van der Waals surface area contributed by atoms with E-state index in [1.165, 1.54) is 116 Å². The van der Waals surface area contributed by atoms with Crippen molar-refractivity contribution >= 4 is 11.9 Å².